The molecule has 0 atom stereocenters. The summed E-state index contributed by atoms with van der Waals surface area (Å²) in [6.07, 6.45) is 3.69. The van der Waals surface area contributed by atoms with Crippen molar-refractivity contribution in [2.24, 2.45) is 0 Å². The number of nitrogens with zero attached hydrogens (tertiary/aromatic N) is 2. The molecule has 0 spiro atoms. The molecule has 0 unspecified atom stereocenters. The number of benzene rings is 1. The molecule has 0 radical (unpaired) electrons. The second-order valence-corrected chi connectivity index (χ2v) is 4.52. The molecule has 0 saturated carbocycles. The van der Waals surface area contributed by atoms with Crippen LogP contribution >= 0.6 is 11.8 Å². The van der Waals surface area contributed by atoms with Crippen molar-refractivity contribution in [3.63, 3.8) is 0 Å². The Morgan fingerprint density at radius 3 is 2.82 bits per heavy atom. The highest BCUT2D eigenvalue weighted by atomic mass is 32.2. The lowest BCUT2D eigenvalue weighted by Crippen LogP contribution is -2.03. The number of hydrogen-bond donors (Lipinski definition) is 0. The third-order valence-corrected chi connectivity index (χ3v) is 3.45. The molecule has 2 aromatic rings. The predicted octanol–water partition coefficient (Wildman–Crippen LogP) is 2.88. The molecule has 0 N–H and O–H groups in total. The smallest absolute Gasteiger partial charge is 0.173 e. The van der Waals surface area contributed by atoms with Gasteiger partial charge < -0.3 is 4.57 Å². The van der Waals surface area contributed by atoms with Crippen LogP contribution < -0.4 is 0 Å². The van der Waals surface area contributed by atoms with Gasteiger partial charge in [0.15, 0.2) is 10.9 Å². The first-order valence-corrected chi connectivity index (χ1v) is 6.52. The zero-order valence-electron chi connectivity index (χ0n) is 9.67. The van der Waals surface area contributed by atoms with Crippen LogP contribution in [0.15, 0.2) is 47.9 Å². The highest BCUT2D eigenvalue weighted by Crippen LogP contribution is 2.17. The van der Waals surface area contributed by atoms with E-state index >= 15 is 0 Å². The summed E-state index contributed by atoms with van der Waals surface area (Å²) < 4.78 is 2.03. The Hall–Kier alpha value is -1.55. The minimum absolute atomic E-state index is 0.140. The number of Topliss-reactive ketones (excluding diaryl/α,β-unsaturated/α-hetero) is 1. The molecule has 0 fully saturated rings. The van der Waals surface area contributed by atoms with Crippen molar-refractivity contribution in [3.05, 3.63) is 48.3 Å². The number of aryl methyl sites for hydroxylation is 1. The van der Waals surface area contributed by atoms with Gasteiger partial charge in [-0.1, -0.05) is 42.1 Å². The largest absolute Gasteiger partial charge is 0.326 e. The minimum atomic E-state index is 0.140. The summed E-state index contributed by atoms with van der Waals surface area (Å²) in [6.45, 7) is 2.94. The Morgan fingerprint density at radius 1 is 1.35 bits per heavy atom. The Labute approximate surface area is 105 Å². The van der Waals surface area contributed by atoms with Crippen LogP contribution in [0, 0.1) is 0 Å². The van der Waals surface area contributed by atoms with E-state index in [-0.39, 0.29) is 5.78 Å². The first kappa shape index (κ1) is 11.9. The molecule has 0 aliphatic rings. The quantitative estimate of drug-likeness (QED) is 0.601. The number of imidazole rings is 1. The summed E-state index contributed by atoms with van der Waals surface area (Å²) in [5.74, 6) is 0.572. The lowest BCUT2D eigenvalue weighted by Gasteiger charge is -2.03. The Bertz CT molecular complexity index is 493. The molecule has 2 rings (SSSR count). The minimum Gasteiger partial charge on any atom is -0.326 e. The molecule has 4 heteroatoms. The van der Waals surface area contributed by atoms with Crippen LogP contribution in [0.4, 0.5) is 0 Å². The fourth-order valence-corrected chi connectivity index (χ4v) is 2.43. The third-order valence-electron chi connectivity index (χ3n) is 2.45. The number of hydrogen-bond acceptors (Lipinski definition) is 3. The van der Waals surface area contributed by atoms with Gasteiger partial charge in [-0.2, -0.15) is 0 Å². The van der Waals surface area contributed by atoms with Crippen molar-refractivity contribution in [2.45, 2.75) is 18.6 Å². The van der Waals surface area contributed by atoms with E-state index in [1.54, 1.807) is 6.20 Å². The molecule has 1 aromatic carbocycles. The Balaban J connectivity index is 1.97. The van der Waals surface area contributed by atoms with Crippen molar-refractivity contribution < 1.29 is 4.79 Å². The highest BCUT2D eigenvalue weighted by Gasteiger charge is 2.08. The number of aromatic nitrogens is 2. The number of carbonyl (C=O) groups is 1. The van der Waals surface area contributed by atoms with E-state index in [2.05, 4.69) is 11.9 Å². The average molecular weight is 246 g/mol. The average Bonchev–Trinajstić information content (AvgIpc) is 2.84. The standard InChI is InChI=1S/C13H14N2OS/c1-2-15-9-8-14-13(15)17-10-12(16)11-6-4-3-5-7-11/h3-9H,2,10H2,1H3. The van der Waals surface area contributed by atoms with Crippen molar-refractivity contribution >= 4 is 17.5 Å². The van der Waals surface area contributed by atoms with Gasteiger partial charge in [0, 0.05) is 24.5 Å². The van der Waals surface area contributed by atoms with Gasteiger partial charge in [-0.15, -0.1) is 0 Å². The van der Waals surface area contributed by atoms with E-state index < -0.39 is 0 Å². The van der Waals surface area contributed by atoms with Crippen LogP contribution in [0.1, 0.15) is 17.3 Å². The van der Waals surface area contributed by atoms with E-state index in [0.717, 1.165) is 17.3 Å². The molecule has 0 bridgehead atoms. The Morgan fingerprint density at radius 2 is 2.12 bits per heavy atom. The van der Waals surface area contributed by atoms with Gasteiger partial charge in [-0.25, -0.2) is 4.98 Å². The molecular weight excluding hydrogens is 232 g/mol. The fraction of sp³-hybridized carbons (Fsp3) is 0.231. The molecule has 88 valence electrons. The molecule has 1 aromatic heterocycles. The second kappa shape index (κ2) is 5.68. The highest BCUT2D eigenvalue weighted by molar-refractivity contribution is 7.99. The molecule has 0 saturated heterocycles. The van der Waals surface area contributed by atoms with E-state index in [1.807, 2.05) is 41.1 Å². The second-order valence-electron chi connectivity index (χ2n) is 3.57. The zero-order valence-corrected chi connectivity index (χ0v) is 10.5. The maximum absolute atomic E-state index is 11.9. The van der Waals surface area contributed by atoms with Crippen LogP contribution in [0.2, 0.25) is 0 Å². The number of ketones is 1. The summed E-state index contributed by atoms with van der Waals surface area (Å²) in [5.41, 5.74) is 0.759. The van der Waals surface area contributed by atoms with Crippen molar-refractivity contribution in [1.29, 1.82) is 0 Å². The van der Waals surface area contributed by atoms with Gasteiger partial charge in [0.05, 0.1) is 5.75 Å². The fourth-order valence-electron chi connectivity index (χ4n) is 1.51. The van der Waals surface area contributed by atoms with Crippen LogP contribution in [-0.4, -0.2) is 21.1 Å². The normalized spacial score (nSPS) is 10.4. The zero-order chi connectivity index (χ0) is 12.1. The predicted molar refractivity (Wildman–Crippen MR) is 69.4 cm³/mol. The molecule has 3 nitrogen and oxygen atoms in total. The lowest BCUT2D eigenvalue weighted by molar-refractivity contribution is 0.102. The number of carbonyl (C=O) groups excluding carboxylic acids is 1. The molecule has 0 aliphatic carbocycles. The van der Waals surface area contributed by atoms with Crippen LogP contribution in [0.25, 0.3) is 0 Å². The molecule has 17 heavy (non-hydrogen) atoms. The van der Waals surface area contributed by atoms with Gasteiger partial charge >= 0.3 is 0 Å². The summed E-state index contributed by atoms with van der Waals surface area (Å²) in [4.78, 5) is 16.1. The first-order valence-electron chi connectivity index (χ1n) is 5.53. The number of thioether (sulfide) groups is 1. The monoisotopic (exact) mass is 246 g/mol. The van der Waals surface area contributed by atoms with Gasteiger partial charge in [0.25, 0.3) is 0 Å². The number of rotatable bonds is 5. The maximum Gasteiger partial charge on any atom is 0.173 e. The first-order chi connectivity index (χ1) is 8.31. The molecule has 0 aliphatic heterocycles. The van der Waals surface area contributed by atoms with E-state index in [4.69, 9.17) is 0 Å². The summed E-state index contributed by atoms with van der Waals surface area (Å²) >= 11 is 1.48. The van der Waals surface area contributed by atoms with Crippen LogP contribution in [-0.2, 0) is 6.54 Å². The summed E-state index contributed by atoms with van der Waals surface area (Å²) in [7, 11) is 0. The maximum atomic E-state index is 11.9. The van der Waals surface area contributed by atoms with E-state index in [9.17, 15) is 4.79 Å². The van der Waals surface area contributed by atoms with Crippen LogP contribution in [0.5, 0.6) is 0 Å². The lowest BCUT2D eigenvalue weighted by atomic mass is 10.2. The Kier molecular flexibility index (Phi) is 3.98. The van der Waals surface area contributed by atoms with Crippen molar-refractivity contribution in [3.8, 4) is 0 Å². The molecular formula is C13H14N2OS. The van der Waals surface area contributed by atoms with Gasteiger partial charge in [-0.05, 0) is 6.92 Å². The molecule has 0 amide bonds. The third kappa shape index (κ3) is 2.97. The SMILES string of the molecule is CCn1ccnc1SCC(=O)c1ccccc1. The van der Waals surface area contributed by atoms with Crippen molar-refractivity contribution in [1.82, 2.24) is 9.55 Å². The van der Waals surface area contributed by atoms with Gasteiger partial charge in [0.2, 0.25) is 0 Å². The topological polar surface area (TPSA) is 34.9 Å². The van der Waals surface area contributed by atoms with Gasteiger partial charge in [-0.3, -0.25) is 4.79 Å². The van der Waals surface area contributed by atoms with E-state index in [1.165, 1.54) is 11.8 Å². The summed E-state index contributed by atoms with van der Waals surface area (Å²) in [5, 5.41) is 0.900. The van der Waals surface area contributed by atoms with Crippen LogP contribution in [0.3, 0.4) is 0 Å². The summed E-state index contributed by atoms with van der Waals surface area (Å²) in [6, 6.07) is 9.36. The van der Waals surface area contributed by atoms with E-state index in [0.29, 0.717) is 5.75 Å². The van der Waals surface area contributed by atoms with Crippen molar-refractivity contribution in [2.75, 3.05) is 5.75 Å². The van der Waals surface area contributed by atoms with Gasteiger partial charge in [0.1, 0.15) is 0 Å². The molecule has 1 heterocycles.